The number of rotatable bonds is 1. The van der Waals surface area contributed by atoms with Gasteiger partial charge in [-0.05, 0) is 22.4 Å². The van der Waals surface area contributed by atoms with Crippen LogP contribution in [-0.2, 0) is 4.74 Å². The first kappa shape index (κ1) is 12.6. The normalized spacial score (nSPS) is 23.2. The fourth-order valence-corrected chi connectivity index (χ4v) is 2.60. The van der Waals surface area contributed by atoms with Crippen LogP contribution in [0.3, 0.4) is 0 Å². The molecule has 0 aromatic heterocycles. The highest BCUT2D eigenvalue weighted by molar-refractivity contribution is 5.83. The summed E-state index contributed by atoms with van der Waals surface area (Å²) >= 11 is 0. The Morgan fingerprint density at radius 3 is 2.74 bits per heavy atom. The van der Waals surface area contributed by atoms with Gasteiger partial charge in [-0.25, -0.2) is 0 Å². The van der Waals surface area contributed by atoms with Crippen LogP contribution in [0.2, 0.25) is 0 Å². The fourth-order valence-electron chi connectivity index (χ4n) is 2.60. The number of fused-ring (bicyclic) bond motifs is 1. The van der Waals surface area contributed by atoms with E-state index < -0.39 is 0 Å². The van der Waals surface area contributed by atoms with Gasteiger partial charge in [0, 0.05) is 18.5 Å². The second-order valence-electron chi connectivity index (χ2n) is 6.20. The largest absolute Gasteiger partial charge is 0.372 e. The number of ether oxygens (including phenoxy) is 1. The van der Waals surface area contributed by atoms with Crippen molar-refractivity contribution in [1.29, 1.82) is 0 Å². The molecule has 1 heterocycles. The molecule has 1 atom stereocenters. The van der Waals surface area contributed by atoms with Gasteiger partial charge in [-0.1, -0.05) is 50.2 Å². The Bertz CT molecular complexity index is 576. The monoisotopic (exact) mass is 255 g/mol. The maximum absolute atomic E-state index is 6.09. The summed E-state index contributed by atoms with van der Waals surface area (Å²) < 4.78 is 6.09. The Morgan fingerprint density at radius 2 is 1.89 bits per heavy atom. The van der Waals surface area contributed by atoms with Gasteiger partial charge in [0.1, 0.15) is 0 Å². The minimum Gasteiger partial charge on any atom is -0.372 e. The van der Waals surface area contributed by atoms with E-state index in [4.69, 9.17) is 4.74 Å². The second kappa shape index (κ2) is 4.95. The molecule has 0 saturated carbocycles. The smallest absolute Gasteiger partial charge is 0.0949 e. The van der Waals surface area contributed by atoms with Gasteiger partial charge in [0.15, 0.2) is 0 Å². The predicted molar refractivity (Wildman–Crippen MR) is 79.3 cm³/mol. The molecule has 1 aliphatic heterocycles. The average molecular weight is 255 g/mol. The van der Waals surface area contributed by atoms with Gasteiger partial charge < -0.3 is 10.1 Å². The SMILES string of the molecule is CC1(C)CNCC(c2ccc3ccccc3c2)OC1. The van der Waals surface area contributed by atoms with Crippen molar-refractivity contribution in [3.05, 3.63) is 48.0 Å². The lowest BCUT2D eigenvalue weighted by molar-refractivity contribution is 0.0260. The van der Waals surface area contributed by atoms with Crippen LogP contribution in [-0.4, -0.2) is 19.7 Å². The summed E-state index contributed by atoms with van der Waals surface area (Å²) in [5.74, 6) is 0. The van der Waals surface area contributed by atoms with E-state index in [2.05, 4.69) is 61.6 Å². The molecule has 0 aliphatic carbocycles. The van der Waals surface area contributed by atoms with E-state index >= 15 is 0 Å². The summed E-state index contributed by atoms with van der Waals surface area (Å²) in [7, 11) is 0. The van der Waals surface area contributed by atoms with E-state index in [9.17, 15) is 0 Å². The molecule has 2 aromatic carbocycles. The summed E-state index contributed by atoms with van der Waals surface area (Å²) in [6.45, 7) is 7.18. The molecule has 1 unspecified atom stereocenters. The van der Waals surface area contributed by atoms with E-state index in [1.165, 1.54) is 16.3 Å². The molecular weight excluding hydrogens is 234 g/mol. The van der Waals surface area contributed by atoms with Crippen LogP contribution in [0.1, 0.15) is 25.5 Å². The topological polar surface area (TPSA) is 21.3 Å². The van der Waals surface area contributed by atoms with Crippen molar-refractivity contribution in [3.63, 3.8) is 0 Å². The zero-order valence-electron chi connectivity index (χ0n) is 11.6. The third kappa shape index (κ3) is 2.80. The van der Waals surface area contributed by atoms with Crippen molar-refractivity contribution in [2.75, 3.05) is 19.7 Å². The molecule has 0 spiro atoms. The molecular formula is C17H21NO. The lowest BCUT2D eigenvalue weighted by Gasteiger charge is -2.21. The standard InChI is InChI=1S/C17H21NO/c1-17(2)11-18-10-16(19-12-17)15-8-7-13-5-3-4-6-14(13)9-15/h3-9,16,18H,10-12H2,1-2H3. The van der Waals surface area contributed by atoms with E-state index in [-0.39, 0.29) is 11.5 Å². The Labute approximate surface area is 114 Å². The molecule has 2 heteroatoms. The van der Waals surface area contributed by atoms with Crippen LogP contribution in [0.5, 0.6) is 0 Å². The minimum atomic E-state index is 0.159. The molecule has 0 amide bonds. The molecule has 1 aliphatic rings. The molecule has 100 valence electrons. The lowest BCUT2D eigenvalue weighted by atomic mass is 9.95. The highest BCUT2D eigenvalue weighted by atomic mass is 16.5. The third-order valence-electron chi connectivity index (χ3n) is 3.75. The van der Waals surface area contributed by atoms with Crippen LogP contribution in [0, 0.1) is 5.41 Å². The first-order chi connectivity index (χ1) is 9.14. The number of benzene rings is 2. The van der Waals surface area contributed by atoms with Crippen LogP contribution >= 0.6 is 0 Å². The van der Waals surface area contributed by atoms with Gasteiger partial charge in [-0.15, -0.1) is 0 Å². The molecule has 1 fully saturated rings. The molecule has 3 rings (SSSR count). The van der Waals surface area contributed by atoms with E-state index in [1.54, 1.807) is 0 Å². The van der Waals surface area contributed by atoms with Crippen LogP contribution in [0.4, 0.5) is 0 Å². The predicted octanol–water partition coefficient (Wildman–Crippen LogP) is 3.53. The average Bonchev–Trinajstić information content (AvgIpc) is 2.59. The van der Waals surface area contributed by atoms with Crippen molar-refractivity contribution in [2.45, 2.75) is 20.0 Å². The molecule has 0 bridgehead atoms. The van der Waals surface area contributed by atoms with E-state index in [1.807, 2.05) is 0 Å². The Morgan fingerprint density at radius 1 is 1.11 bits per heavy atom. The summed E-state index contributed by atoms with van der Waals surface area (Å²) in [5.41, 5.74) is 1.48. The zero-order chi connectivity index (χ0) is 13.3. The molecule has 1 saturated heterocycles. The molecule has 1 N–H and O–H groups in total. The number of nitrogens with one attached hydrogen (secondary N) is 1. The third-order valence-corrected chi connectivity index (χ3v) is 3.75. The van der Waals surface area contributed by atoms with Gasteiger partial charge in [-0.3, -0.25) is 0 Å². The first-order valence-corrected chi connectivity index (χ1v) is 6.95. The number of hydrogen-bond acceptors (Lipinski definition) is 2. The van der Waals surface area contributed by atoms with Gasteiger partial charge in [0.25, 0.3) is 0 Å². The van der Waals surface area contributed by atoms with Crippen LogP contribution < -0.4 is 5.32 Å². The highest BCUT2D eigenvalue weighted by Crippen LogP contribution is 2.27. The Balaban J connectivity index is 1.87. The van der Waals surface area contributed by atoms with Gasteiger partial charge in [0.05, 0.1) is 12.7 Å². The van der Waals surface area contributed by atoms with Crippen molar-refractivity contribution in [3.8, 4) is 0 Å². The molecule has 19 heavy (non-hydrogen) atoms. The quantitative estimate of drug-likeness (QED) is 0.841. The molecule has 2 aromatic rings. The van der Waals surface area contributed by atoms with Crippen molar-refractivity contribution in [2.24, 2.45) is 5.41 Å². The summed E-state index contributed by atoms with van der Waals surface area (Å²) in [6, 6.07) is 15.1. The fraction of sp³-hybridized carbons (Fsp3) is 0.412. The first-order valence-electron chi connectivity index (χ1n) is 6.95. The number of hydrogen-bond donors (Lipinski definition) is 1. The van der Waals surface area contributed by atoms with E-state index in [0.717, 1.165) is 19.7 Å². The van der Waals surface area contributed by atoms with Crippen molar-refractivity contribution >= 4 is 10.8 Å². The van der Waals surface area contributed by atoms with Crippen LogP contribution in [0.25, 0.3) is 10.8 Å². The van der Waals surface area contributed by atoms with Crippen molar-refractivity contribution in [1.82, 2.24) is 5.32 Å². The molecule has 2 nitrogen and oxygen atoms in total. The molecule has 0 radical (unpaired) electrons. The van der Waals surface area contributed by atoms with E-state index in [0.29, 0.717) is 0 Å². The van der Waals surface area contributed by atoms with Gasteiger partial charge in [-0.2, -0.15) is 0 Å². The Kier molecular flexibility index (Phi) is 3.29. The van der Waals surface area contributed by atoms with Crippen LogP contribution in [0.15, 0.2) is 42.5 Å². The second-order valence-corrected chi connectivity index (χ2v) is 6.20. The van der Waals surface area contributed by atoms with Gasteiger partial charge in [0.2, 0.25) is 0 Å². The minimum absolute atomic E-state index is 0.159. The zero-order valence-corrected chi connectivity index (χ0v) is 11.6. The summed E-state index contributed by atoms with van der Waals surface area (Å²) in [4.78, 5) is 0. The summed E-state index contributed by atoms with van der Waals surface area (Å²) in [5, 5.41) is 6.08. The van der Waals surface area contributed by atoms with Gasteiger partial charge >= 0.3 is 0 Å². The maximum atomic E-state index is 6.09. The van der Waals surface area contributed by atoms with Crippen molar-refractivity contribution < 1.29 is 4.74 Å². The highest BCUT2D eigenvalue weighted by Gasteiger charge is 2.25. The maximum Gasteiger partial charge on any atom is 0.0949 e. The summed E-state index contributed by atoms with van der Waals surface area (Å²) in [6.07, 6.45) is 0.159. The lowest BCUT2D eigenvalue weighted by Crippen LogP contribution is -2.29. The Hall–Kier alpha value is -1.38.